The van der Waals surface area contributed by atoms with Crippen molar-refractivity contribution in [3.8, 4) is 33.4 Å². The minimum Gasteiger partial charge on any atom is -0.0654 e. The molecule has 0 heteroatoms. The van der Waals surface area contributed by atoms with Crippen molar-refractivity contribution in [3.63, 3.8) is 0 Å². The Hall–Kier alpha value is -3.38. The van der Waals surface area contributed by atoms with E-state index in [0.29, 0.717) is 0 Å². The second-order valence-corrected chi connectivity index (χ2v) is 8.94. The first-order valence-electron chi connectivity index (χ1n) is 11.8. The van der Waals surface area contributed by atoms with Crippen molar-refractivity contribution >= 4 is 6.08 Å². The molecule has 0 unspecified atom stereocenters. The molecule has 0 radical (unpaired) electrons. The van der Waals surface area contributed by atoms with E-state index in [2.05, 4.69) is 111 Å². The van der Waals surface area contributed by atoms with Crippen LogP contribution in [-0.2, 0) is 6.42 Å². The van der Waals surface area contributed by atoms with Gasteiger partial charge in [0.2, 0.25) is 0 Å². The van der Waals surface area contributed by atoms with Gasteiger partial charge in [0.15, 0.2) is 0 Å². The van der Waals surface area contributed by atoms with Gasteiger partial charge in [-0.25, -0.2) is 0 Å². The molecule has 0 N–H and O–H groups in total. The van der Waals surface area contributed by atoms with Crippen molar-refractivity contribution < 1.29 is 0 Å². The van der Waals surface area contributed by atoms with Crippen LogP contribution in [0.1, 0.15) is 42.9 Å². The number of hydrogen-bond acceptors (Lipinski definition) is 0. The molecule has 1 aliphatic carbocycles. The van der Waals surface area contributed by atoms with Crippen molar-refractivity contribution in [1.82, 2.24) is 0 Å². The zero-order chi connectivity index (χ0) is 21.9. The highest BCUT2D eigenvalue weighted by Gasteiger charge is 2.19. The number of benzene rings is 4. The van der Waals surface area contributed by atoms with Crippen LogP contribution in [0, 0.1) is 6.92 Å². The minimum atomic E-state index is 1.11. The lowest BCUT2D eigenvalue weighted by Gasteiger charge is -2.15. The Labute approximate surface area is 192 Å². The highest BCUT2D eigenvalue weighted by atomic mass is 14.2. The van der Waals surface area contributed by atoms with Crippen LogP contribution < -0.4 is 0 Å². The molecule has 0 saturated heterocycles. The van der Waals surface area contributed by atoms with Gasteiger partial charge in [-0.1, -0.05) is 97.8 Å². The van der Waals surface area contributed by atoms with Crippen LogP contribution in [0.4, 0.5) is 0 Å². The number of hydrogen-bond donors (Lipinski definition) is 0. The third-order valence-corrected chi connectivity index (χ3v) is 6.65. The van der Waals surface area contributed by atoms with Gasteiger partial charge in [-0.3, -0.25) is 0 Å². The lowest BCUT2D eigenvalue weighted by atomic mass is 9.89. The predicted octanol–water partition coefficient (Wildman–Crippen LogP) is 9.13. The molecule has 0 saturated carbocycles. The molecule has 0 bridgehead atoms. The van der Waals surface area contributed by atoms with Gasteiger partial charge in [0.05, 0.1) is 0 Å². The van der Waals surface area contributed by atoms with Gasteiger partial charge in [-0.2, -0.15) is 0 Å². The van der Waals surface area contributed by atoms with Gasteiger partial charge in [0.25, 0.3) is 0 Å². The first-order chi connectivity index (χ1) is 15.7. The molecule has 4 aromatic carbocycles. The summed E-state index contributed by atoms with van der Waals surface area (Å²) in [6.45, 7) is 4.54. The molecule has 0 aromatic heterocycles. The lowest BCUT2D eigenvalue weighted by Crippen LogP contribution is -1.93. The van der Waals surface area contributed by atoms with E-state index in [1.807, 2.05) is 0 Å². The summed E-state index contributed by atoms with van der Waals surface area (Å²) in [6, 6.07) is 33.2. The summed E-state index contributed by atoms with van der Waals surface area (Å²) < 4.78 is 0. The first kappa shape index (κ1) is 20.5. The van der Waals surface area contributed by atoms with Crippen molar-refractivity contribution in [2.45, 2.75) is 39.5 Å². The van der Waals surface area contributed by atoms with Crippen molar-refractivity contribution in [2.24, 2.45) is 0 Å². The van der Waals surface area contributed by atoms with Crippen molar-refractivity contribution in [3.05, 3.63) is 113 Å². The summed E-state index contributed by atoms with van der Waals surface area (Å²) in [4.78, 5) is 0. The fourth-order valence-corrected chi connectivity index (χ4v) is 4.85. The molecule has 0 aliphatic heterocycles. The van der Waals surface area contributed by atoms with Gasteiger partial charge >= 0.3 is 0 Å². The fraction of sp³-hybridized carbons (Fsp3) is 0.188. The smallest absolute Gasteiger partial charge is 0.00550 e. The van der Waals surface area contributed by atoms with Crippen LogP contribution in [0.25, 0.3) is 39.5 Å². The lowest BCUT2D eigenvalue weighted by molar-refractivity contribution is 0.779. The van der Waals surface area contributed by atoms with Crippen LogP contribution in [-0.4, -0.2) is 0 Å². The molecule has 0 amide bonds. The van der Waals surface area contributed by atoms with E-state index >= 15 is 0 Å². The Balaban J connectivity index is 1.68. The van der Waals surface area contributed by atoms with E-state index < -0.39 is 0 Å². The molecule has 32 heavy (non-hydrogen) atoms. The van der Waals surface area contributed by atoms with Gasteiger partial charge in [-0.15, -0.1) is 0 Å². The summed E-state index contributed by atoms with van der Waals surface area (Å²) in [5.74, 6) is 0. The van der Waals surface area contributed by atoms with E-state index in [9.17, 15) is 0 Å². The van der Waals surface area contributed by atoms with E-state index in [4.69, 9.17) is 0 Å². The van der Waals surface area contributed by atoms with E-state index in [1.165, 1.54) is 69.3 Å². The van der Waals surface area contributed by atoms with Crippen molar-refractivity contribution in [2.75, 3.05) is 0 Å². The van der Waals surface area contributed by atoms with Gasteiger partial charge in [0.1, 0.15) is 0 Å². The standard InChI is InChI=1S/C32H30/c1-3-4-11-24-18-31-23(2)16-17-30(32(31)19-24)29-21-27(25-12-7-5-8-13-25)20-28(22-29)26-14-9-6-10-15-26/h5-10,12-17,19-22H,3-4,11,18H2,1-2H3. The average Bonchev–Trinajstić information content (AvgIpc) is 3.29. The zero-order valence-electron chi connectivity index (χ0n) is 19.1. The molecular weight excluding hydrogens is 384 g/mol. The molecule has 1 aliphatic rings. The van der Waals surface area contributed by atoms with Crippen LogP contribution in [0.5, 0.6) is 0 Å². The summed E-state index contributed by atoms with van der Waals surface area (Å²) in [6.07, 6.45) is 7.32. The van der Waals surface area contributed by atoms with E-state index in [-0.39, 0.29) is 0 Å². The summed E-state index contributed by atoms with van der Waals surface area (Å²) >= 11 is 0. The van der Waals surface area contributed by atoms with Gasteiger partial charge < -0.3 is 0 Å². The molecule has 0 spiro atoms. The quantitative estimate of drug-likeness (QED) is 0.295. The second-order valence-electron chi connectivity index (χ2n) is 8.94. The Morgan fingerprint density at radius 3 is 1.84 bits per heavy atom. The van der Waals surface area contributed by atoms with E-state index in [0.717, 1.165) is 6.42 Å². The molecule has 0 nitrogen and oxygen atoms in total. The largest absolute Gasteiger partial charge is 0.0654 e. The maximum absolute atomic E-state index is 2.48. The molecule has 4 aromatic rings. The number of rotatable bonds is 6. The highest BCUT2D eigenvalue weighted by Crippen LogP contribution is 2.40. The van der Waals surface area contributed by atoms with Crippen LogP contribution in [0.3, 0.4) is 0 Å². The Morgan fingerprint density at radius 1 is 0.656 bits per heavy atom. The maximum Gasteiger partial charge on any atom is -0.00550 e. The average molecular weight is 415 g/mol. The summed E-state index contributed by atoms with van der Waals surface area (Å²) in [5, 5.41) is 0. The highest BCUT2D eigenvalue weighted by molar-refractivity contribution is 5.87. The topological polar surface area (TPSA) is 0 Å². The SMILES string of the molecule is CCCCC1=Cc2c(-c3cc(-c4ccccc4)cc(-c4ccccc4)c3)ccc(C)c2C1. The van der Waals surface area contributed by atoms with Crippen molar-refractivity contribution in [1.29, 1.82) is 0 Å². The fourth-order valence-electron chi connectivity index (χ4n) is 4.85. The molecule has 5 rings (SSSR count). The predicted molar refractivity (Wildman–Crippen MR) is 139 cm³/mol. The molecule has 0 fully saturated rings. The second kappa shape index (κ2) is 9.01. The zero-order valence-corrected chi connectivity index (χ0v) is 19.1. The van der Waals surface area contributed by atoms with Gasteiger partial charge in [-0.05, 0) is 94.5 Å². The minimum absolute atomic E-state index is 1.11. The van der Waals surface area contributed by atoms with Crippen LogP contribution in [0.2, 0.25) is 0 Å². The molecular formula is C32H30. The number of aryl methyl sites for hydroxylation is 1. The third-order valence-electron chi connectivity index (χ3n) is 6.65. The Kier molecular flexibility index (Phi) is 5.77. The number of fused-ring (bicyclic) bond motifs is 1. The molecule has 158 valence electrons. The van der Waals surface area contributed by atoms with E-state index in [1.54, 1.807) is 5.57 Å². The van der Waals surface area contributed by atoms with Crippen LogP contribution >= 0.6 is 0 Å². The number of unbranched alkanes of at least 4 members (excludes halogenated alkanes) is 1. The van der Waals surface area contributed by atoms with Crippen LogP contribution in [0.15, 0.2) is 96.6 Å². The Morgan fingerprint density at radius 2 is 1.25 bits per heavy atom. The summed E-state index contributed by atoms with van der Waals surface area (Å²) in [7, 11) is 0. The normalized spacial score (nSPS) is 12.5. The molecule has 0 atom stereocenters. The monoisotopic (exact) mass is 414 g/mol. The first-order valence-corrected chi connectivity index (χ1v) is 11.8. The summed E-state index contributed by atoms with van der Waals surface area (Å²) in [5.41, 5.74) is 13.6. The molecule has 0 heterocycles. The Bertz CT molecular complexity index is 1200. The number of allylic oxidation sites excluding steroid dienone is 1. The maximum atomic E-state index is 2.48. The van der Waals surface area contributed by atoms with Gasteiger partial charge in [0, 0.05) is 0 Å². The third kappa shape index (κ3) is 4.06.